The van der Waals surface area contributed by atoms with Crippen LogP contribution in [0, 0.1) is 5.82 Å². The number of ether oxygens (including phenoxy) is 2. The van der Waals surface area contributed by atoms with E-state index in [-0.39, 0.29) is 11.7 Å². The maximum atomic E-state index is 13.6. The number of hydrogen-bond donors (Lipinski definition) is 1. The Hall–Kier alpha value is -3.80. The first-order valence-electron chi connectivity index (χ1n) is 9.62. The van der Waals surface area contributed by atoms with Gasteiger partial charge in [-0.15, -0.1) is 0 Å². The summed E-state index contributed by atoms with van der Waals surface area (Å²) in [4.78, 5) is 14.9. The maximum Gasteiger partial charge on any atom is 0.254 e. The van der Waals surface area contributed by atoms with Crippen molar-refractivity contribution < 1.29 is 18.7 Å². The number of methoxy groups -OCH3 is 1. The fourth-order valence-electron chi connectivity index (χ4n) is 3.83. The smallest absolute Gasteiger partial charge is 0.254 e. The van der Waals surface area contributed by atoms with Gasteiger partial charge >= 0.3 is 0 Å². The van der Waals surface area contributed by atoms with E-state index in [4.69, 9.17) is 9.47 Å². The molecule has 3 aromatic carbocycles. The second-order valence-corrected chi connectivity index (χ2v) is 7.17. The zero-order chi connectivity index (χ0) is 20.7. The Bertz CT molecular complexity index is 1140. The van der Waals surface area contributed by atoms with E-state index in [0.717, 1.165) is 16.9 Å². The van der Waals surface area contributed by atoms with Crippen LogP contribution in [0.2, 0.25) is 0 Å². The number of benzene rings is 3. The van der Waals surface area contributed by atoms with Crippen LogP contribution < -0.4 is 19.7 Å². The number of hydrogen-bond acceptors (Lipinski definition) is 4. The van der Waals surface area contributed by atoms with Crippen LogP contribution in [0.15, 0.2) is 84.3 Å². The van der Waals surface area contributed by atoms with Crippen LogP contribution in [-0.2, 0) is 11.2 Å². The third-order valence-corrected chi connectivity index (χ3v) is 5.36. The number of fused-ring (bicyclic) bond motifs is 1. The van der Waals surface area contributed by atoms with E-state index >= 15 is 0 Å². The summed E-state index contributed by atoms with van der Waals surface area (Å²) in [5, 5.41) is 3.08. The minimum absolute atomic E-state index is 0.182. The van der Waals surface area contributed by atoms with Crippen molar-refractivity contribution in [3.05, 3.63) is 101 Å². The maximum absolute atomic E-state index is 13.6. The van der Waals surface area contributed by atoms with Gasteiger partial charge in [0.1, 0.15) is 23.5 Å². The molecule has 0 aliphatic carbocycles. The Kier molecular flexibility index (Phi) is 4.39. The van der Waals surface area contributed by atoms with Crippen molar-refractivity contribution in [2.75, 3.05) is 12.0 Å². The molecule has 0 saturated carbocycles. The highest BCUT2D eigenvalue weighted by atomic mass is 19.1. The molecule has 2 aliphatic rings. The third-order valence-electron chi connectivity index (χ3n) is 5.36. The van der Waals surface area contributed by atoms with Gasteiger partial charge in [-0.3, -0.25) is 9.69 Å². The van der Waals surface area contributed by atoms with Crippen molar-refractivity contribution in [3.63, 3.8) is 0 Å². The first-order valence-corrected chi connectivity index (χ1v) is 9.62. The average Bonchev–Trinajstić information content (AvgIpc) is 2.79. The summed E-state index contributed by atoms with van der Waals surface area (Å²) in [6, 6.07) is 21.3. The molecule has 1 atom stereocenters. The molecule has 5 nitrogen and oxygen atoms in total. The standard InChI is InChI=1S/C24H19FN2O3/c1-29-19-12-6-15(7-13-19)22-26-23(28)20-14-16-4-2-3-5-21(16)30-24(20)27(22)18-10-8-17(25)9-11-18/h2-13,22H,14H2,1H3,(H,26,28)/t22-/m0/s1. The lowest BCUT2D eigenvalue weighted by atomic mass is 9.98. The summed E-state index contributed by atoms with van der Waals surface area (Å²) in [6.07, 6.45) is -0.0532. The topological polar surface area (TPSA) is 50.8 Å². The number of amides is 1. The summed E-state index contributed by atoms with van der Waals surface area (Å²) >= 11 is 0. The van der Waals surface area contributed by atoms with Crippen LogP contribution >= 0.6 is 0 Å². The van der Waals surface area contributed by atoms with Crippen molar-refractivity contribution in [1.29, 1.82) is 0 Å². The van der Waals surface area contributed by atoms with Crippen molar-refractivity contribution in [1.82, 2.24) is 5.32 Å². The molecule has 0 unspecified atom stereocenters. The summed E-state index contributed by atoms with van der Waals surface area (Å²) in [7, 11) is 1.60. The highest BCUT2D eigenvalue weighted by molar-refractivity contribution is 5.97. The van der Waals surface area contributed by atoms with Crippen molar-refractivity contribution in [2.24, 2.45) is 0 Å². The van der Waals surface area contributed by atoms with E-state index in [2.05, 4.69) is 5.32 Å². The van der Waals surface area contributed by atoms with Gasteiger partial charge in [-0.2, -0.15) is 0 Å². The minimum atomic E-state index is -0.516. The van der Waals surface area contributed by atoms with Crippen LogP contribution in [0.3, 0.4) is 0 Å². The minimum Gasteiger partial charge on any atom is -0.497 e. The number of halogens is 1. The Morgan fingerprint density at radius 1 is 1.03 bits per heavy atom. The van der Waals surface area contributed by atoms with Gasteiger partial charge in [0.25, 0.3) is 5.91 Å². The van der Waals surface area contributed by atoms with Crippen LogP contribution in [0.25, 0.3) is 0 Å². The Labute approximate surface area is 173 Å². The van der Waals surface area contributed by atoms with Crippen molar-refractivity contribution in [3.8, 4) is 11.5 Å². The number of para-hydroxylation sites is 1. The molecule has 0 bridgehead atoms. The monoisotopic (exact) mass is 402 g/mol. The SMILES string of the molecule is COc1ccc([C@H]2NC(=O)C3=C(Oc4ccccc4C3)N2c2ccc(F)cc2)cc1. The molecule has 3 aromatic rings. The quantitative estimate of drug-likeness (QED) is 0.709. The van der Waals surface area contributed by atoms with Crippen LogP contribution in [-0.4, -0.2) is 13.0 Å². The number of carbonyl (C=O) groups is 1. The van der Waals surface area contributed by atoms with Gasteiger partial charge in [0.2, 0.25) is 5.88 Å². The fraction of sp³-hybridized carbons (Fsp3) is 0.125. The Balaban J connectivity index is 1.64. The van der Waals surface area contributed by atoms with Gasteiger partial charge < -0.3 is 14.8 Å². The zero-order valence-corrected chi connectivity index (χ0v) is 16.3. The number of nitrogens with zero attached hydrogens (tertiary/aromatic N) is 1. The summed E-state index contributed by atoms with van der Waals surface area (Å²) < 4.78 is 25.1. The van der Waals surface area contributed by atoms with E-state index in [9.17, 15) is 9.18 Å². The van der Waals surface area contributed by atoms with Gasteiger partial charge in [0.05, 0.1) is 12.7 Å². The second kappa shape index (κ2) is 7.22. The van der Waals surface area contributed by atoms with Gasteiger partial charge in [-0.05, 0) is 53.6 Å². The number of nitrogens with one attached hydrogen (secondary N) is 1. The molecule has 1 N–H and O–H groups in total. The predicted molar refractivity (Wildman–Crippen MR) is 111 cm³/mol. The second-order valence-electron chi connectivity index (χ2n) is 7.17. The van der Waals surface area contributed by atoms with Gasteiger partial charge in [0.15, 0.2) is 0 Å². The molecule has 5 rings (SSSR count). The molecule has 0 saturated heterocycles. The van der Waals surface area contributed by atoms with Crippen molar-refractivity contribution in [2.45, 2.75) is 12.6 Å². The molecule has 2 aliphatic heterocycles. The zero-order valence-electron chi connectivity index (χ0n) is 16.3. The molecule has 150 valence electrons. The summed E-state index contributed by atoms with van der Waals surface area (Å²) in [5.41, 5.74) is 3.06. The summed E-state index contributed by atoms with van der Waals surface area (Å²) in [6.45, 7) is 0. The van der Waals surface area contributed by atoms with E-state index in [0.29, 0.717) is 29.3 Å². The molecule has 6 heteroatoms. The normalized spacial score (nSPS) is 17.6. The highest BCUT2D eigenvalue weighted by Gasteiger charge is 2.39. The van der Waals surface area contributed by atoms with E-state index in [1.165, 1.54) is 12.1 Å². The number of carbonyl (C=O) groups excluding carboxylic acids is 1. The molecular formula is C24H19FN2O3. The largest absolute Gasteiger partial charge is 0.497 e. The van der Waals surface area contributed by atoms with E-state index in [1.807, 2.05) is 53.4 Å². The van der Waals surface area contributed by atoms with Gasteiger partial charge in [-0.1, -0.05) is 30.3 Å². The lowest BCUT2D eigenvalue weighted by Gasteiger charge is -2.41. The lowest BCUT2D eigenvalue weighted by molar-refractivity contribution is -0.119. The predicted octanol–water partition coefficient (Wildman–Crippen LogP) is 4.32. The first kappa shape index (κ1) is 18.2. The molecule has 30 heavy (non-hydrogen) atoms. The van der Waals surface area contributed by atoms with Gasteiger partial charge in [0, 0.05) is 12.1 Å². The van der Waals surface area contributed by atoms with Crippen LogP contribution in [0.5, 0.6) is 11.5 Å². The summed E-state index contributed by atoms with van der Waals surface area (Å²) in [5.74, 6) is 1.39. The van der Waals surface area contributed by atoms with Gasteiger partial charge in [-0.25, -0.2) is 4.39 Å². The Morgan fingerprint density at radius 2 is 1.77 bits per heavy atom. The fourth-order valence-corrected chi connectivity index (χ4v) is 3.83. The van der Waals surface area contributed by atoms with Crippen molar-refractivity contribution >= 4 is 11.6 Å². The van der Waals surface area contributed by atoms with E-state index in [1.54, 1.807) is 19.2 Å². The molecule has 2 heterocycles. The number of anilines is 1. The molecule has 0 aromatic heterocycles. The molecule has 0 fully saturated rings. The number of rotatable bonds is 3. The van der Waals surface area contributed by atoms with Crippen LogP contribution in [0.4, 0.5) is 10.1 Å². The lowest BCUT2D eigenvalue weighted by Crippen LogP contribution is -2.49. The average molecular weight is 402 g/mol. The highest BCUT2D eigenvalue weighted by Crippen LogP contribution is 2.40. The molecule has 0 radical (unpaired) electrons. The van der Waals surface area contributed by atoms with Crippen LogP contribution in [0.1, 0.15) is 17.3 Å². The molecular weight excluding hydrogens is 383 g/mol. The first-order chi connectivity index (χ1) is 14.6. The third kappa shape index (κ3) is 3.06. The van der Waals surface area contributed by atoms with E-state index < -0.39 is 6.17 Å². The molecule has 1 amide bonds. The Morgan fingerprint density at radius 3 is 2.50 bits per heavy atom. The molecule has 0 spiro atoms.